The lowest BCUT2D eigenvalue weighted by molar-refractivity contribution is -0.139. The Hall–Kier alpha value is -4.31. The van der Waals surface area contributed by atoms with Crippen LogP contribution in [0.3, 0.4) is 0 Å². The van der Waals surface area contributed by atoms with Gasteiger partial charge in [0.2, 0.25) is 0 Å². The van der Waals surface area contributed by atoms with Gasteiger partial charge in [-0.2, -0.15) is 0 Å². The molecule has 1 aromatic heterocycles. The topological polar surface area (TPSA) is 97.6 Å². The number of aromatic nitrogens is 1. The molecule has 2 heterocycles. The summed E-state index contributed by atoms with van der Waals surface area (Å²) < 4.78 is 29.8. The molecule has 9 nitrogen and oxygen atoms in total. The number of hydrogen-bond acceptors (Lipinski definition) is 9. The van der Waals surface area contributed by atoms with Gasteiger partial charge in [0.25, 0.3) is 5.56 Å². The summed E-state index contributed by atoms with van der Waals surface area (Å²) in [4.78, 5) is 32.3. The van der Waals surface area contributed by atoms with E-state index in [0.717, 1.165) is 0 Å². The molecule has 0 spiro atoms. The van der Waals surface area contributed by atoms with Crippen molar-refractivity contribution in [2.75, 3.05) is 34.0 Å². The number of thiazole rings is 1. The summed E-state index contributed by atoms with van der Waals surface area (Å²) >= 11 is 1.23. The lowest BCUT2D eigenvalue weighted by Gasteiger charge is -2.25. The number of hydrogen-bond donors (Lipinski definition) is 0. The second-order valence-corrected chi connectivity index (χ2v) is 9.66. The second kappa shape index (κ2) is 12.7. The predicted molar refractivity (Wildman–Crippen MR) is 153 cm³/mol. The van der Waals surface area contributed by atoms with Crippen LogP contribution in [0, 0.1) is 0 Å². The fourth-order valence-electron chi connectivity index (χ4n) is 4.43. The fraction of sp³-hybridized carbons (Fsp3) is 0.300. The zero-order valence-electron chi connectivity index (χ0n) is 23.2. The Morgan fingerprint density at radius 1 is 1.05 bits per heavy atom. The van der Waals surface area contributed by atoms with Crippen LogP contribution in [-0.4, -0.2) is 44.6 Å². The maximum Gasteiger partial charge on any atom is 0.338 e. The average Bonchev–Trinajstić information content (AvgIpc) is 3.25. The van der Waals surface area contributed by atoms with Gasteiger partial charge in [0.05, 0.1) is 49.3 Å². The molecule has 40 heavy (non-hydrogen) atoms. The van der Waals surface area contributed by atoms with Gasteiger partial charge >= 0.3 is 5.97 Å². The highest BCUT2D eigenvalue weighted by atomic mass is 32.1. The van der Waals surface area contributed by atoms with E-state index in [1.54, 1.807) is 70.6 Å². The summed E-state index contributed by atoms with van der Waals surface area (Å²) in [5.74, 6) is 1.69. The average molecular weight is 565 g/mol. The molecule has 4 rings (SSSR count). The molecule has 0 saturated heterocycles. The van der Waals surface area contributed by atoms with E-state index in [-0.39, 0.29) is 17.7 Å². The number of methoxy groups -OCH3 is 2. The third-order valence-corrected chi connectivity index (χ3v) is 7.16. The zero-order valence-corrected chi connectivity index (χ0v) is 24.0. The van der Waals surface area contributed by atoms with Crippen molar-refractivity contribution in [1.29, 1.82) is 0 Å². The van der Waals surface area contributed by atoms with Gasteiger partial charge in [0.1, 0.15) is 18.1 Å². The van der Waals surface area contributed by atoms with Gasteiger partial charge in [-0.3, -0.25) is 9.36 Å². The summed E-state index contributed by atoms with van der Waals surface area (Å²) in [5, 5.41) is 0. The number of ether oxygens (including phenoxy) is 5. The molecule has 0 fully saturated rings. The van der Waals surface area contributed by atoms with Gasteiger partial charge in [-0.05, 0) is 62.7 Å². The smallest absolute Gasteiger partial charge is 0.338 e. The van der Waals surface area contributed by atoms with Crippen molar-refractivity contribution in [2.45, 2.75) is 26.8 Å². The van der Waals surface area contributed by atoms with Crippen LogP contribution in [0.15, 0.2) is 70.1 Å². The van der Waals surface area contributed by atoms with Crippen molar-refractivity contribution in [1.82, 2.24) is 4.57 Å². The molecule has 0 radical (unpaired) electrons. The highest BCUT2D eigenvalue weighted by molar-refractivity contribution is 7.07. The van der Waals surface area contributed by atoms with Gasteiger partial charge in [0.15, 0.2) is 16.3 Å². The quantitative estimate of drug-likeness (QED) is 0.258. The van der Waals surface area contributed by atoms with E-state index < -0.39 is 12.0 Å². The van der Waals surface area contributed by atoms with Crippen molar-refractivity contribution < 1.29 is 28.5 Å². The first-order valence-electron chi connectivity index (χ1n) is 12.8. The minimum absolute atomic E-state index is 0.181. The first-order valence-corrected chi connectivity index (χ1v) is 13.6. The van der Waals surface area contributed by atoms with Crippen molar-refractivity contribution in [2.24, 2.45) is 4.99 Å². The Morgan fingerprint density at radius 3 is 2.50 bits per heavy atom. The highest BCUT2D eigenvalue weighted by Crippen LogP contribution is 2.36. The number of esters is 1. The molecule has 0 saturated carbocycles. The largest absolute Gasteiger partial charge is 0.497 e. The summed E-state index contributed by atoms with van der Waals surface area (Å²) in [6, 6.07) is 9.92. The van der Waals surface area contributed by atoms with Crippen molar-refractivity contribution in [3.63, 3.8) is 0 Å². The van der Waals surface area contributed by atoms with Crippen LogP contribution < -0.4 is 33.8 Å². The Morgan fingerprint density at radius 2 is 1.82 bits per heavy atom. The van der Waals surface area contributed by atoms with Crippen molar-refractivity contribution >= 4 is 23.4 Å². The van der Waals surface area contributed by atoms with E-state index in [1.165, 1.54) is 15.9 Å². The monoisotopic (exact) mass is 564 g/mol. The molecule has 10 heteroatoms. The molecule has 210 valence electrons. The number of fused-ring (bicyclic) bond motifs is 1. The molecule has 0 aliphatic carbocycles. The fourth-order valence-corrected chi connectivity index (χ4v) is 5.47. The van der Waals surface area contributed by atoms with E-state index >= 15 is 0 Å². The van der Waals surface area contributed by atoms with Gasteiger partial charge in [-0.1, -0.05) is 30.1 Å². The molecule has 1 atom stereocenters. The van der Waals surface area contributed by atoms with E-state index in [0.29, 0.717) is 62.4 Å². The maximum atomic E-state index is 14.0. The molecule has 0 bridgehead atoms. The van der Waals surface area contributed by atoms with Crippen molar-refractivity contribution in [3.8, 4) is 23.0 Å². The van der Waals surface area contributed by atoms with Gasteiger partial charge in [0, 0.05) is 5.56 Å². The van der Waals surface area contributed by atoms with E-state index in [1.807, 2.05) is 13.0 Å². The molecule has 1 aliphatic heterocycles. The van der Waals surface area contributed by atoms with Crippen LogP contribution in [-0.2, 0) is 9.53 Å². The lowest BCUT2D eigenvalue weighted by atomic mass is 9.95. The number of carbonyl (C=O) groups excluding carboxylic acids is 1. The molecule has 1 unspecified atom stereocenters. The first kappa shape index (κ1) is 28.7. The van der Waals surface area contributed by atoms with Crippen LogP contribution in [0.5, 0.6) is 23.0 Å². The molecule has 2 aromatic carbocycles. The Kier molecular flexibility index (Phi) is 9.11. The molecule has 1 aliphatic rings. The summed E-state index contributed by atoms with van der Waals surface area (Å²) in [7, 11) is 3.14. The third kappa shape index (κ3) is 5.67. The maximum absolute atomic E-state index is 14.0. The van der Waals surface area contributed by atoms with Gasteiger partial charge < -0.3 is 23.7 Å². The van der Waals surface area contributed by atoms with E-state index in [4.69, 9.17) is 23.7 Å². The Balaban J connectivity index is 1.96. The number of allylic oxidation sites excluding steroid dienone is 1. The lowest BCUT2D eigenvalue weighted by Crippen LogP contribution is -2.40. The van der Waals surface area contributed by atoms with Crippen LogP contribution in [0.1, 0.15) is 37.9 Å². The Labute approximate surface area is 236 Å². The number of rotatable bonds is 11. The van der Waals surface area contributed by atoms with Crippen LogP contribution in [0.4, 0.5) is 0 Å². The van der Waals surface area contributed by atoms with Gasteiger partial charge in [-0.15, -0.1) is 0 Å². The third-order valence-electron chi connectivity index (χ3n) is 6.18. The summed E-state index contributed by atoms with van der Waals surface area (Å²) in [6.07, 6.45) is 3.38. The molecule has 3 aromatic rings. The number of carbonyl (C=O) groups is 1. The van der Waals surface area contributed by atoms with Crippen molar-refractivity contribution in [3.05, 3.63) is 91.1 Å². The standard InChI is InChI=1S/C30H32N2O7S/c1-7-14-39-23-12-10-19(16-24(23)37-8-2)27-26(29(34)38-9-3)18(4)31-30-32(27)28(33)25(40-30)17-20-15-21(35-5)11-13-22(20)36-6/h7,10-13,15-17,27H,1,8-9,14H2,2-6H3/b25-17-. The van der Waals surface area contributed by atoms with E-state index in [9.17, 15) is 9.59 Å². The highest BCUT2D eigenvalue weighted by Gasteiger charge is 2.34. The van der Waals surface area contributed by atoms with Crippen LogP contribution in [0.2, 0.25) is 0 Å². The van der Waals surface area contributed by atoms with E-state index in [2.05, 4.69) is 11.6 Å². The SMILES string of the molecule is C=CCOc1ccc(C2C(C(=O)OCC)=C(C)N=c3s/c(=C\c4cc(OC)ccc4OC)c(=O)n32)cc1OCC. The second-order valence-electron chi connectivity index (χ2n) is 8.65. The minimum atomic E-state index is -0.794. The molecule has 0 amide bonds. The normalized spacial score (nSPS) is 14.7. The molecular formula is C30H32N2O7S. The summed E-state index contributed by atoms with van der Waals surface area (Å²) in [5.41, 5.74) is 1.77. The Bertz CT molecular complexity index is 1630. The van der Waals surface area contributed by atoms with Crippen LogP contribution in [0.25, 0.3) is 6.08 Å². The first-order chi connectivity index (χ1) is 19.4. The van der Waals surface area contributed by atoms with Gasteiger partial charge in [-0.25, -0.2) is 9.79 Å². The van der Waals surface area contributed by atoms with Crippen LogP contribution >= 0.6 is 11.3 Å². The number of nitrogens with zero attached hydrogens (tertiary/aromatic N) is 2. The molecule has 0 N–H and O–H groups in total. The molecular weight excluding hydrogens is 532 g/mol. The number of benzene rings is 2. The minimum Gasteiger partial charge on any atom is -0.497 e. The zero-order chi connectivity index (χ0) is 28.8. The summed E-state index contributed by atoms with van der Waals surface area (Å²) in [6.45, 7) is 9.93. The predicted octanol–water partition coefficient (Wildman–Crippen LogP) is 3.78.